The van der Waals surface area contributed by atoms with Crippen LogP contribution in [0, 0.1) is 0 Å². The van der Waals surface area contributed by atoms with E-state index in [-0.39, 0.29) is 0 Å². The molecule has 76 valence electrons. The van der Waals surface area contributed by atoms with Crippen LogP contribution in [0.5, 0.6) is 0 Å². The summed E-state index contributed by atoms with van der Waals surface area (Å²) in [5.74, 6) is 0.502. The lowest BCUT2D eigenvalue weighted by molar-refractivity contribution is 0.713. The molecule has 0 saturated heterocycles. The fraction of sp³-hybridized carbons (Fsp3) is 0.111. The molecule has 6 nitrogen and oxygen atoms in total. The Kier molecular flexibility index (Phi) is 2.68. The van der Waals surface area contributed by atoms with Crippen LogP contribution in [0.4, 0.5) is 5.95 Å². The first-order valence-electron chi connectivity index (χ1n) is 4.43. The van der Waals surface area contributed by atoms with E-state index in [1.165, 1.54) is 4.68 Å². The number of hydrazone groups is 1. The van der Waals surface area contributed by atoms with Gasteiger partial charge in [-0.15, -0.1) is 0 Å². The molecule has 0 spiro atoms. The minimum atomic E-state index is 0.502. The van der Waals surface area contributed by atoms with Gasteiger partial charge in [0.25, 0.3) is 5.95 Å². The van der Waals surface area contributed by atoms with Crippen LogP contribution in [-0.4, -0.2) is 26.4 Å². The van der Waals surface area contributed by atoms with E-state index < -0.39 is 0 Å². The second-order valence-electron chi connectivity index (χ2n) is 2.91. The van der Waals surface area contributed by atoms with Gasteiger partial charge in [-0.3, -0.25) is 0 Å². The van der Waals surface area contributed by atoms with Crippen molar-refractivity contribution in [1.82, 2.24) is 20.2 Å². The van der Waals surface area contributed by atoms with Crippen molar-refractivity contribution >= 4 is 12.2 Å². The summed E-state index contributed by atoms with van der Waals surface area (Å²) in [6.45, 7) is 0. The van der Waals surface area contributed by atoms with Crippen LogP contribution in [0.1, 0.15) is 5.56 Å². The standard InChI is InChI=1S/C9H10N6/c1-15-9(12-13-14-15)11-10-7-8-5-3-2-4-6-8/h2-7H,1H3,(H,11,12,14)/b10-7-. The number of hydrogen-bond acceptors (Lipinski definition) is 5. The molecule has 0 aliphatic heterocycles. The van der Waals surface area contributed by atoms with E-state index in [4.69, 9.17) is 0 Å². The Labute approximate surface area is 86.6 Å². The van der Waals surface area contributed by atoms with Crippen molar-refractivity contribution in [1.29, 1.82) is 0 Å². The lowest BCUT2D eigenvalue weighted by Gasteiger charge is -1.95. The smallest absolute Gasteiger partial charge is 0.244 e. The summed E-state index contributed by atoms with van der Waals surface area (Å²) in [6, 6.07) is 9.77. The molecule has 1 heterocycles. The maximum absolute atomic E-state index is 4.01. The van der Waals surface area contributed by atoms with Gasteiger partial charge >= 0.3 is 0 Å². The fourth-order valence-electron chi connectivity index (χ4n) is 1.03. The summed E-state index contributed by atoms with van der Waals surface area (Å²) in [6.07, 6.45) is 1.70. The van der Waals surface area contributed by atoms with Crippen LogP contribution >= 0.6 is 0 Å². The van der Waals surface area contributed by atoms with E-state index >= 15 is 0 Å². The first kappa shape index (κ1) is 9.32. The van der Waals surface area contributed by atoms with Crippen LogP contribution in [-0.2, 0) is 7.05 Å². The van der Waals surface area contributed by atoms with Crippen molar-refractivity contribution in [3.05, 3.63) is 35.9 Å². The largest absolute Gasteiger partial charge is 0.263 e. The van der Waals surface area contributed by atoms with Crippen LogP contribution in [0.3, 0.4) is 0 Å². The third kappa shape index (κ3) is 2.37. The Balaban J connectivity index is 2.00. The van der Waals surface area contributed by atoms with Gasteiger partial charge in [-0.25, -0.2) is 10.1 Å². The van der Waals surface area contributed by atoms with Crippen LogP contribution in [0.25, 0.3) is 0 Å². The van der Waals surface area contributed by atoms with Gasteiger partial charge in [0.15, 0.2) is 0 Å². The molecule has 0 saturated carbocycles. The van der Waals surface area contributed by atoms with Crippen LogP contribution < -0.4 is 5.43 Å². The number of anilines is 1. The molecule has 0 aliphatic carbocycles. The lowest BCUT2D eigenvalue weighted by atomic mass is 10.2. The van der Waals surface area contributed by atoms with Gasteiger partial charge in [0.1, 0.15) is 0 Å². The summed E-state index contributed by atoms with van der Waals surface area (Å²) in [5.41, 5.74) is 3.75. The first-order valence-corrected chi connectivity index (χ1v) is 4.43. The van der Waals surface area contributed by atoms with E-state index in [9.17, 15) is 0 Å². The fourth-order valence-corrected chi connectivity index (χ4v) is 1.03. The topological polar surface area (TPSA) is 68.0 Å². The Morgan fingerprint density at radius 1 is 1.33 bits per heavy atom. The van der Waals surface area contributed by atoms with Crippen molar-refractivity contribution < 1.29 is 0 Å². The van der Waals surface area contributed by atoms with Gasteiger partial charge in [-0.2, -0.15) is 5.10 Å². The number of benzene rings is 1. The molecule has 0 radical (unpaired) electrons. The van der Waals surface area contributed by atoms with Crippen LogP contribution in [0.2, 0.25) is 0 Å². The predicted molar refractivity (Wildman–Crippen MR) is 56.5 cm³/mol. The van der Waals surface area contributed by atoms with E-state index in [0.717, 1.165) is 5.56 Å². The number of nitrogens with zero attached hydrogens (tertiary/aromatic N) is 5. The number of aryl methyl sites for hydroxylation is 1. The number of hydrogen-bond donors (Lipinski definition) is 1. The Morgan fingerprint density at radius 2 is 2.13 bits per heavy atom. The van der Waals surface area contributed by atoms with Gasteiger partial charge in [0.2, 0.25) is 0 Å². The molecule has 0 fully saturated rings. The number of rotatable bonds is 3. The Bertz CT molecular complexity index is 447. The highest BCUT2D eigenvalue weighted by atomic mass is 15.6. The average Bonchev–Trinajstić information content (AvgIpc) is 2.66. The molecule has 0 atom stereocenters. The van der Waals surface area contributed by atoms with Gasteiger partial charge in [-0.05, 0) is 16.0 Å². The maximum Gasteiger partial charge on any atom is 0.263 e. The first-order chi connectivity index (χ1) is 7.36. The maximum atomic E-state index is 4.01. The molecule has 0 unspecified atom stereocenters. The molecule has 0 amide bonds. The normalized spacial score (nSPS) is 10.7. The van der Waals surface area contributed by atoms with E-state index in [1.807, 2.05) is 30.3 Å². The monoisotopic (exact) mass is 202 g/mol. The number of tetrazole rings is 1. The van der Waals surface area contributed by atoms with Gasteiger partial charge in [-0.1, -0.05) is 35.4 Å². The van der Waals surface area contributed by atoms with Crippen molar-refractivity contribution in [2.45, 2.75) is 0 Å². The van der Waals surface area contributed by atoms with E-state index in [1.54, 1.807) is 13.3 Å². The lowest BCUT2D eigenvalue weighted by Crippen LogP contribution is -1.99. The summed E-state index contributed by atoms with van der Waals surface area (Å²) in [7, 11) is 1.74. The highest BCUT2D eigenvalue weighted by Crippen LogP contribution is 1.97. The molecule has 2 rings (SSSR count). The summed E-state index contributed by atoms with van der Waals surface area (Å²) < 4.78 is 1.50. The minimum Gasteiger partial charge on any atom is -0.244 e. The third-order valence-corrected chi connectivity index (χ3v) is 1.80. The average molecular weight is 202 g/mol. The van der Waals surface area contributed by atoms with E-state index in [0.29, 0.717) is 5.95 Å². The third-order valence-electron chi connectivity index (χ3n) is 1.80. The number of aromatic nitrogens is 4. The molecule has 15 heavy (non-hydrogen) atoms. The van der Waals surface area contributed by atoms with Crippen LogP contribution in [0.15, 0.2) is 35.4 Å². The highest BCUT2D eigenvalue weighted by molar-refractivity contribution is 5.79. The highest BCUT2D eigenvalue weighted by Gasteiger charge is 1.96. The summed E-state index contributed by atoms with van der Waals surface area (Å²) in [4.78, 5) is 0. The second kappa shape index (κ2) is 4.32. The predicted octanol–water partition coefficient (Wildman–Crippen LogP) is 0.656. The molecule has 0 bridgehead atoms. The van der Waals surface area contributed by atoms with Crippen molar-refractivity contribution in [3.63, 3.8) is 0 Å². The Morgan fingerprint density at radius 3 is 2.80 bits per heavy atom. The van der Waals surface area contributed by atoms with Crippen molar-refractivity contribution in [2.75, 3.05) is 5.43 Å². The molecule has 0 aliphatic rings. The molecular weight excluding hydrogens is 192 g/mol. The SMILES string of the molecule is Cn1nnnc1N/N=C\c1ccccc1. The molecule has 1 aromatic carbocycles. The van der Waals surface area contributed by atoms with Gasteiger partial charge in [0, 0.05) is 7.05 Å². The summed E-state index contributed by atoms with van der Waals surface area (Å²) >= 11 is 0. The second-order valence-corrected chi connectivity index (χ2v) is 2.91. The molecule has 2 aromatic rings. The zero-order chi connectivity index (χ0) is 10.5. The zero-order valence-electron chi connectivity index (χ0n) is 8.20. The molecule has 6 heteroatoms. The van der Waals surface area contributed by atoms with Crippen molar-refractivity contribution in [3.8, 4) is 0 Å². The Hall–Kier alpha value is -2.24. The minimum absolute atomic E-state index is 0.502. The number of nitrogens with one attached hydrogen (secondary N) is 1. The van der Waals surface area contributed by atoms with Gasteiger partial charge in [0.05, 0.1) is 6.21 Å². The quantitative estimate of drug-likeness (QED) is 0.586. The zero-order valence-corrected chi connectivity index (χ0v) is 8.20. The van der Waals surface area contributed by atoms with Crippen molar-refractivity contribution in [2.24, 2.45) is 12.1 Å². The molecule has 1 aromatic heterocycles. The summed E-state index contributed by atoms with van der Waals surface area (Å²) in [5, 5.41) is 14.9. The molecule has 1 N–H and O–H groups in total. The molecular formula is C9H10N6. The van der Waals surface area contributed by atoms with E-state index in [2.05, 4.69) is 26.1 Å². The van der Waals surface area contributed by atoms with Gasteiger partial charge < -0.3 is 0 Å².